The van der Waals surface area contributed by atoms with Gasteiger partial charge >= 0.3 is 5.97 Å². The molecule has 2 aromatic rings. The molecule has 0 aliphatic rings. The first-order valence-corrected chi connectivity index (χ1v) is 8.36. The molecule has 0 atom stereocenters. The number of esters is 1. The van der Waals surface area contributed by atoms with Crippen LogP contribution in [0, 0.1) is 13.8 Å². The second kappa shape index (κ2) is 7.96. The maximum Gasteiger partial charge on any atom is 0.305 e. The molecular formula is C19H25N3O3. The number of amides is 1. The van der Waals surface area contributed by atoms with Crippen molar-refractivity contribution in [1.82, 2.24) is 15.1 Å². The summed E-state index contributed by atoms with van der Waals surface area (Å²) in [6, 6.07) is 7.42. The highest BCUT2D eigenvalue weighted by molar-refractivity contribution is 5.94. The number of benzene rings is 1. The first-order chi connectivity index (χ1) is 11.8. The summed E-state index contributed by atoms with van der Waals surface area (Å²) in [5, 5.41) is 7.44. The molecule has 0 spiro atoms. The lowest BCUT2D eigenvalue weighted by molar-refractivity contribution is -0.140. The minimum atomic E-state index is -0.230. The van der Waals surface area contributed by atoms with Crippen LogP contribution in [-0.2, 0) is 16.0 Å². The third kappa shape index (κ3) is 4.47. The zero-order valence-corrected chi connectivity index (χ0v) is 15.4. The number of hydrogen-bond acceptors (Lipinski definition) is 4. The lowest BCUT2D eigenvalue weighted by Gasteiger charge is -2.09. The van der Waals surface area contributed by atoms with Gasteiger partial charge in [-0.25, -0.2) is 4.68 Å². The third-order valence-electron chi connectivity index (χ3n) is 4.04. The van der Waals surface area contributed by atoms with E-state index < -0.39 is 0 Å². The van der Waals surface area contributed by atoms with Crippen molar-refractivity contribution in [2.45, 2.75) is 46.6 Å². The van der Waals surface area contributed by atoms with Crippen LogP contribution in [0.15, 0.2) is 24.3 Å². The van der Waals surface area contributed by atoms with E-state index in [4.69, 9.17) is 4.74 Å². The molecule has 0 bridgehead atoms. The summed E-state index contributed by atoms with van der Waals surface area (Å²) >= 11 is 0. The lowest BCUT2D eigenvalue weighted by Crippen LogP contribution is -2.30. The Morgan fingerprint density at radius 3 is 2.40 bits per heavy atom. The molecule has 1 aromatic heterocycles. The number of nitrogens with zero attached hydrogens (tertiary/aromatic N) is 2. The van der Waals surface area contributed by atoms with Crippen LogP contribution in [0.5, 0.6) is 0 Å². The zero-order valence-electron chi connectivity index (χ0n) is 15.4. The monoisotopic (exact) mass is 343 g/mol. The predicted molar refractivity (Wildman–Crippen MR) is 96.0 cm³/mol. The van der Waals surface area contributed by atoms with Gasteiger partial charge < -0.3 is 10.1 Å². The Morgan fingerprint density at radius 1 is 1.20 bits per heavy atom. The summed E-state index contributed by atoms with van der Waals surface area (Å²) in [5.41, 5.74) is 4.42. The van der Waals surface area contributed by atoms with E-state index in [9.17, 15) is 9.59 Å². The van der Waals surface area contributed by atoms with Crippen molar-refractivity contribution in [2.24, 2.45) is 0 Å². The Morgan fingerprint density at radius 2 is 1.84 bits per heavy atom. The van der Waals surface area contributed by atoms with Gasteiger partial charge in [0.2, 0.25) is 0 Å². The van der Waals surface area contributed by atoms with Crippen LogP contribution < -0.4 is 5.32 Å². The van der Waals surface area contributed by atoms with Crippen molar-refractivity contribution in [3.63, 3.8) is 0 Å². The van der Waals surface area contributed by atoms with E-state index in [2.05, 4.69) is 10.4 Å². The molecule has 0 unspecified atom stereocenters. The molecule has 25 heavy (non-hydrogen) atoms. The first kappa shape index (κ1) is 18.7. The highest BCUT2D eigenvalue weighted by Crippen LogP contribution is 2.20. The van der Waals surface area contributed by atoms with Crippen molar-refractivity contribution < 1.29 is 14.3 Å². The van der Waals surface area contributed by atoms with E-state index in [0.29, 0.717) is 18.4 Å². The van der Waals surface area contributed by atoms with Gasteiger partial charge in [0.1, 0.15) is 0 Å². The van der Waals surface area contributed by atoms with Crippen LogP contribution in [0.25, 0.3) is 5.69 Å². The summed E-state index contributed by atoms with van der Waals surface area (Å²) in [5.74, 6) is -0.319. The highest BCUT2D eigenvalue weighted by atomic mass is 16.5. The number of aryl methyl sites for hydroxylation is 1. The minimum absolute atomic E-state index is 0.0892. The number of carbonyl (C=O) groups is 2. The average molecular weight is 343 g/mol. The second-order valence-corrected chi connectivity index (χ2v) is 6.31. The molecule has 1 N–H and O–H groups in total. The van der Waals surface area contributed by atoms with Crippen molar-refractivity contribution in [3.05, 3.63) is 46.8 Å². The van der Waals surface area contributed by atoms with E-state index >= 15 is 0 Å². The number of hydrogen-bond donors (Lipinski definition) is 1. The highest BCUT2D eigenvalue weighted by Gasteiger charge is 2.15. The molecule has 0 saturated heterocycles. The van der Waals surface area contributed by atoms with Gasteiger partial charge in [-0.05, 0) is 63.9 Å². The van der Waals surface area contributed by atoms with E-state index in [1.54, 1.807) is 12.1 Å². The molecule has 1 heterocycles. The second-order valence-electron chi connectivity index (χ2n) is 6.31. The number of rotatable bonds is 6. The molecule has 134 valence electrons. The van der Waals surface area contributed by atoms with Crippen LogP contribution in [0.3, 0.4) is 0 Å². The fraction of sp³-hybridized carbons (Fsp3) is 0.421. The number of methoxy groups -OCH3 is 1. The molecule has 0 radical (unpaired) electrons. The minimum Gasteiger partial charge on any atom is -0.469 e. The van der Waals surface area contributed by atoms with Crippen molar-refractivity contribution in [2.75, 3.05) is 7.11 Å². The fourth-order valence-electron chi connectivity index (χ4n) is 2.72. The van der Waals surface area contributed by atoms with E-state index in [-0.39, 0.29) is 17.9 Å². The van der Waals surface area contributed by atoms with E-state index in [0.717, 1.165) is 22.6 Å². The molecule has 6 heteroatoms. The number of ether oxygens (including phenoxy) is 1. The molecule has 2 rings (SSSR count). The van der Waals surface area contributed by atoms with Gasteiger partial charge in [-0.3, -0.25) is 9.59 Å². The topological polar surface area (TPSA) is 73.2 Å². The number of carbonyl (C=O) groups excluding carboxylic acids is 2. The van der Waals surface area contributed by atoms with Gasteiger partial charge in [0, 0.05) is 23.7 Å². The van der Waals surface area contributed by atoms with Gasteiger partial charge in [0.05, 0.1) is 18.5 Å². The predicted octanol–water partition coefficient (Wildman–Crippen LogP) is 2.73. The SMILES string of the molecule is COC(=O)CCc1c(C)nn(-c2ccc(C(=O)NC(C)C)cc2)c1C. The zero-order chi connectivity index (χ0) is 18.6. The van der Waals surface area contributed by atoms with Crippen LogP contribution in [0.2, 0.25) is 0 Å². The van der Waals surface area contributed by atoms with Crippen LogP contribution in [0.1, 0.15) is 47.6 Å². The number of aromatic nitrogens is 2. The Bertz CT molecular complexity index is 761. The normalized spacial score (nSPS) is 10.8. The van der Waals surface area contributed by atoms with Crippen molar-refractivity contribution >= 4 is 11.9 Å². The van der Waals surface area contributed by atoms with Gasteiger partial charge in [-0.1, -0.05) is 0 Å². The molecule has 0 aliphatic carbocycles. The average Bonchev–Trinajstić information content (AvgIpc) is 2.86. The summed E-state index contributed by atoms with van der Waals surface area (Å²) in [4.78, 5) is 23.4. The third-order valence-corrected chi connectivity index (χ3v) is 4.04. The van der Waals surface area contributed by atoms with Gasteiger partial charge in [-0.15, -0.1) is 0 Å². The Labute approximate surface area is 148 Å². The molecule has 1 amide bonds. The number of nitrogens with one attached hydrogen (secondary N) is 1. The van der Waals surface area contributed by atoms with Gasteiger partial charge in [-0.2, -0.15) is 5.10 Å². The summed E-state index contributed by atoms with van der Waals surface area (Å²) < 4.78 is 6.54. The van der Waals surface area contributed by atoms with Crippen molar-refractivity contribution in [1.29, 1.82) is 0 Å². The quantitative estimate of drug-likeness (QED) is 0.819. The maximum absolute atomic E-state index is 12.0. The molecule has 6 nitrogen and oxygen atoms in total. The largest absolute Gasteiger partial charge is 0.469 e. The van der Waals surface area contributed by atoms with Crippen LogP contribution >= 0.6 is 0 Å². The Balaban J connectivity index is 2.21. The lowest BCUT2D eigenvalue weighted by atomic mass is 10.1. The standard InChI is InChI=1S/C19H25N3O3/c1-12(2)20-19(24)15-6-8-16(9-7-15)22-14(4)17(13(3)21-22)10-11-18(23)25-5/h6-9,12H,10-11H2,1-5H3,(H,20,24). The smallest absolute Gasteiger partial charge is 0.305 e. The fourth-order valence-corrected chi connectivity index (χ4v) is 2.72. The Kier molecular flexibility index (Phi) is 5.96. The van der Waals surface area contributed by atoms with Crippen LogP contribution in [-0.4, -0.2) is 34.8 Å². The van der Waals surface area contributed by atoms with E-state index in [1.165, 1.54) is 7.11 Å². The molecule has 0 saturated carbocycles. The van der Waals surface area contributed by atoms with Gasteiger partial charge in [0.25, 0.3) is 5.91 Å². The first-order valence-electron chi connectivity index (χ1n) is 8.36. The Hall–Kier alpha value is -2.63. The van der Waals surface area contributed by atoms with Crippen LogP contribution in [0.4, 0.5) is 0 Å². The molecule has 0 aliphatic heterocycles. The molecular weight excluding hydrogens is 318 g/mol. The maximum atomic E-state index is 12.0. The molecule has 1 aromatic carbocycles. The summed E-state index contributed by atoms with van der Waals surface area (Å²) in [7, 11) is 1.39. The summed E-state index contributed by atoms with van der Waals surface area (Å²) in [6.07, 6.45) is 0.928. The summed E-state index contributed by atoms with van der Waals surface area (Å²) in [6.45, 7) is 7.77. The van der Waals surface area contributed by atoms with Gasteiger partial charge in [0.15, 0.2) is 0 Å². The van der Waals surface area contributed by atoms with Crippen molar-refractivity contribution in [3.8, 4) is 5.69 Å². The molecule has 0 fully saturated rings. The van der Waals surface area contributed by atoms with E-state index in [1.807, 2.05) is 44.5 Å².